The lowest BCUT2D eigenvalue weighted by atomic mass is 10.1. The van der Waals surface area contributed by atoms with E-state index in [0.29, 0.717) is 17.0 Å². The van der Waals surface area contributed by atoms with Crippen molar-refractivity contribution in [1.29, 1.82) is 0 Å². The predicted octanol–water partition coefficient (Wildman–Crippen LogP) is 1.32. The van der Waals surface area contributed by atoms with Crippen molar-refractivity contribution < 1.29 is 24.2 Å². The molecule has 0 aliphatic rings. The molecule has 1 aromatic carbocycles. The third-order valence-electron chi connectivity index (χ3n) is 3.65. The van der Waals surface area contributed by atoms with E-state index in [1.807, 2.05) is 12.1 Å². The summed E-state index contributed by atoms with van der Waals surface area (Å²) in [5.74, 6) is -1.06. The second-order valence-corrected chi connectivity index (χ2v) is 5.41. The average Bonchev–Trinajstić information content (AvgIpc) is 2.99. The maximum Gasteiger partial charge on any atom is 0.326 e. The molecule has 0 aliphatic carbocycles. The van der Waals surface area contributed by atoms with Gasteiger partial charge in [0.2, 0.25) is 0 Å². The Hall–Kier alpha value is -2.87. The molecule has 1 aromatic heterocycles. The van der Waals surface area contributed by atoms with Gasteiger partial charge in [0.25, 0.3) is 5.91 Å². The first-order valence-electron chi connectivity index (χ1n) is 7.67. The number of carboxylic acids is 1. The summed E-state index contributed by atoms with van der Waals surface area (Å²) in [5, 5.41) is 16.1. The summed E-state index contributed by atoms with van der Waals surface area (Å²) in [6.45, 7) is 0.226. The molecule has 25 heavy (non-hydrogen) atoms. The number of carbonyl (C=O) groups excluding carboxylic acids is 1. The van der Waals surface area contributed by atoms with E-state index in [1.54, 1.807) is 25.4 Å². The Kier molecular flexibility index (Phi) is 6.13. The van der Waals surface area contributed by atoms with Gasteiger partial charge in [0, 0.05) is 38.9 Å². The highest BCUT2D eigenvalue weighted by molar-refractivity contribution is 6.01. The average molecular weight is 347 g/mol. The highest BCUT2D eigenvalue weighted by Crippen LogP contribution is 2.30. The minimum Gasteiger partial charge on any atom is -0.496 e. The molecule has 0 saturated heterocycles. The quantitative estimate of drug-likeness (QED) is 0.746. The summed E-state index contributed by atoms with van der Waals surface area (Å²) < 4.78 is 11.7. The highest BCUT2D eigenvalue weighted by atomic mass is 16.5. The lowest BCUT2D eigenvalue weighted by Crippen LogP contribution is -2.41. The predicted molar refractivity (Wildman–Crippen MR) is 90.6 cm³/mol. The molecular weight excluding hydrogens is 326 g/mol. The number of hydrogen-bond donors (Lipinski definition) is 2. The van der Waals surface area contributed by atoms with Gasteiger partial charge in [-0.05, 0) is 12.1 Å². The number of methoxy groups -OCH3 is 2. The van der Waals surface area contributed by atoms with E-state index in [0.717, 1.165) is 0 Å². The summed E-state index contributed by atoms with van der Waals surface area (Å²) >= 11 is 0. The van der Waals surface area contributed by atoms with Crippen LogP contribution in [-0.4, -0.2) is 53.6 Å². The van der Waals surface area contributed by atoms with Crippen molar-refractivity contribution in [2.45, 2.75) is 12.5 Å². The minimum absolute atomic E-state index is 0.168. The van der Waals surface area contributed by atoms with Gasteiger partial charge in [-0.3, -0.25) is 9.48 Å². The van der Waals surface area contributed by atoms with E-state index in [4.69, 9.17) is 9.47 Å². The van der Waals surface area contributed by atoms with E-state index >= 15 is 0 Å². The molecule has 2 N–H and O–H groups in total. The van der Waals surface area contributed by atoms with Crippen molar-refractivity contribution in [2.75, 3.05) is 20.8 Å². The lowest BCUT2D eigenvalue weighted by molar-refractivity contribution is -0.139. The minimum atomic E-state index is -1.12. The van der Waals surface area contributed by atoms with Crippen LogP contribution in [0.3, 0.4) is 0 Å². The van der Waals surface area contributed by atoms with Crippen molar-refractivity contribution in [2.24, 2.45) is 7.05 Å². The largest absolute Gasteiger partial charge is 0.496 e. The number of hydrogen-bond acceptors (Lipinski definition) is 5. The Labute approximate surface area is 145 Å². The van der Waals surface area contributed by atoms with Crippen LogP contribution >= 0.6 is 0 Å². The van der Waals surface area contributed by atoms with Crippen molar-refractivity contribution >= 4 is 11.9 Å². The van der Waals surface area contributed by atoms with Gasteiger partial charge in [0.1, 0.15) is 17.5 Å². The van der Waals surface area contributed by atoms with Crippen LogP contribution in [0.4, 0.5) is 0 Å². The van der Waals surface area contributed by atoms with Crippen LogP contribution in [0.2, 0.25) is 0 Å². The molecule has 2 aromatic rings. The van der Waals surface area contributed by atoms with Gasteiger partial charge >= 0.3 is 5.97 Å². The zero-order valence-electron chi connectivity index (χ0n) is 14.4. The van der Waals surface area contributed by atoms with E-state index < -0.39 is 17.9 Å². The fraction of sp³-hybridized carbons (Fsp3) is 0.353. The monoisotopic (exact) mass is 347 g/mol. The number of para-hydroxylation sites is 1. The van der Waals surface area contributed by atoms with Gasteiger partial charge in [-0.1, -0.05) is 12.1 Å². The Bertz CT molecular complexity index is 756. The highest BCUT2D eigenvalue weighted by Gasteiger charge is 2.25. The molecule has 1 atom stereocenters. The number of carboxylic acid groups (broad SMARTS) is 1. The molecular formula is C17H21N3O5. The Morgan fingerprint density at radius 2 is 2.04 bits per heavy atom. The van der Waals surface area contributed by atoms with Crippen LogP contribution in [0.25, 0.3) is 11.3 Å². The number of nitrogens with one attached hydrogen (secondary N) is 1. The molecule has 8 nitrogen and oxygen atoms in total. The van der Waals surface area contributed by atoms with Crippen LogP contribution in [0.15, 0.2) is 30.5 Å². The van der Waals surface area contributed by atoms with E-state index in [-0.39, 0.29) is 18.6 Å². The first-order chi connectivity index (χ1) is 12.0. The number of aromatic nitrogens is 2. The maximum atomic E-state index is 12.6. The number of benzene rings is 1. The molecule has 0 bridgehead atoms. The van der Waals surface area contributed by atoms with Gasteiger partial charge in [-0.2, -0.15) is 5.10 Å². The molecule has 8 heteroatoms. The van der Waals surface area contributed by atoms with Gasteiger partial charge in [0.05, 0.1) is 12.7 Å². The first-order valence-corrected chi connectivity index (χ1v) is 7.67. The van der Waals surface area contributed by atoms with E-state index in [9.17, 15) is 14.7 Å². The van der Waals surface area contributed by atoms with Gasteiger partial charge in [-0.25, -0.2) is 4.79 Å². The number of rotatable bonds is 8. The Morgan fingerprint density at radius 1 is 1.32 bits per heavy atom. The molecule has 1 unspecified atom stereocenters. The van der Waals surface area contributed by atoms with Gasteiger partial charge in [-0.15, -0.1) is 0 Å². The molecule has 1 amide bonds. The molecule has 0 saturated carbocycles. The van der Waals surface area contributed by atoms with Gasteiger partial charge in [0.15, 0.2) is 0 Å². The zero-order chi connectivity index (χ0) is 18.4. The van der Waals surface area contributed by atoms with Crippen molar-refractivity contribution in [3.05, 3.63) is 36.0 Å². The van der Waals surface area contributed by atoms with Crippen molar-refractivity contribution in [1.82, 2.24) is 15.1 Å². The number of ether oxygens (including phenoxy) is 2. The van der Waals surface area contributed by atoms with Crippen LogP contribution in [0, 0.1) is 0 Å². The van der Waals surface area contributed by atoms with E-state index in [2.05, 4.69) is 10.4 Å². The summed E-state index contributed by atoms with van der Waals surface area (Å²) in [6.07, 6.45) is 1.72. The standard InChI is InChI=1S/C17H21N3O5/c1-20-10-12(16(21)18-13(17(22)23)8-9-24-2)15(19-20)11-6-4-5-7-14(11)25-3/h4-7,10,13H,8-9H2,1-3H3,(H,18,21)(H,22,23). The third kappa shape index (κ3) is 4.36. The van der Waals surface area contributed by atoms with E-state index in [1.165, 1.54) is 18.9 Å². The Morgan fingerprint density at radius 3 is 2.68 bits per heavy atom. The Balaban J connectivity index is 2.33. The number of nitrogens with zero attached hydrogens (tertiary/aromatic N) is 2. The molecule has 0 radical (unpaired) electrons. The molecule has 0 spiro atoms. The summed E-state index contributed by atoms with van der Waals surface area (Å²) in [4.78, 5) is 23.9. The topological polar surface area (TPSA) is 103 Å². The number of carbonyl (C=O) groups is 2. The number of aryl methyl sites for hydroxylation is 1. The normalized spacial score (nSPS) is 11.8. The zero-order valence-corrected chi connectivity index (χ0v) is 14.4. The van der Waals surface area contributed by atoms with Crippen molar-refractivity contribution in [3.63, 3.8) is 0 Å². The van der Waals surface area contributed by atoms with Crippen LogP contribution in [-0.2, 0) is 16.6 Å². The fourth-order valence-corrected chi connectivity index (χ4v) is 2.42. The second-order valence-electron chi connectivity index (χ2n) is 5.41. The molecule has 2 rings (SSSR count). The SMILES string of the molecule is COCCC(NC(=O)c1cn(C)nc1-c1ccccc1OC)C(=O)O. The van der Waals surface area contributed by atoms with Crippen LogP contribution in [0.1, 0.15) is 16.8 Å². The molecule has 0 fully saturated rings. The third-order valence-corrected chi connectivity index (χ3v) is 3.65. The number of aliphatic carboxylic acids is 1. The molecule has 0 aliphatic heterocycles. The maximum absolute atomic E-state index is 12.6. The first kappa shape index (κ1) is 18.5. The second kappa shape index (κ2) is 8.29. The fourth-order valence-electron chi connectivity index (χ4n) is 2.42. The van der Waals surface area contributed by atoms with Crippen LogP contribution < -0.4 is 10.1 Å². The lowest BCUT2D eigenvalue weighted by Gasteiger charge is -2.14. The smallest absolute Gasteiger partial charge is 0.326 e. The summed E-state index contributed by atoms with van der Waals surface area (Å²) in [5.41, 5.74) is 1.35. The summed E-state index contributed by atoms with van der Waals surface area (Å²) in [7, 11) is 4.70. The molecule has 1 heterocycles. The summed E-state index contributed by atoms with van der Waals surface area (Å²) in [6, 6.07) is 6.14. The van der Waals surface area contributed by atoms with Crippen LogP contribution in [0.5, 0.6) is 5.75 Å². The number of amides is 1. The molecule has 134 valence electrons. The van der Waals surface area contributed by atoms with Gasteiger partial charge < -0.3 is 19.9 Å². The van der Waals surface area contributed by atoms with Crippen molar-refractivity contribution in [3.8, 4) is 17.0 Å².